The minimum atomic E-state index is 0.0809. The molecule has 8 heteroatoms. The second-order valence-corrected chi connectivity index (χ2v) is 10.1. The zero-order valence-electron chi connectivity index (χ0n) is 22.1. The van der Waals surface area contributed by atoms with E-state index in [1.165, 1.54) is 0 Å². The standard InChI is InChI=1S/C30H37N5O3/c1-2-24(35-21-32-28-29(35)25-10-6-7-11-26(25)33-30(28)31)19-37-17-14-22-12-15-34(16-13-22)27(36)20-38-18-23-8-4-3-5-9-23/h3-11,21-22,24H,2,12-20H2,1H3,(H2,31,33). The van der Waals surface area contributed by atoms with E-state index in [1.807, 2.05) is 59.8 Å². The number of para-hydroxylation sites is 1. The highest BCUT2D eigenvalue weighted by atomic mass is 16.5. The van der Waals surface area contributed by atoms with E-state index in [2.05, 4.69) is 27.5 Å². The van der Waals surface area contributed by atoms with Crippen LogP contribution in [0.1, 0.15) is 44.2 Å². The van der Waals surface area contributed by atoms with Crippen LogP contribution >= 0.6 is 0 Å². The summed E-state index contributed by atoms with van der Waals surface area (Å²) in [7, 11) is 0. The SMILES string of the molecule is CCC(COCCC1CCN(C(=O)COCc2ccccc2)CC1)n1cnc2c(N)nc3ccccc3c21. The van der Waals surface area contributed by atoms with E-state index in [4.69, 9.17) is 15.2 Å². The summed E-state index contributed by atoms with van der Waals surface area (Å²) >= 11 is 0. The van der Waals surface area contributed by atoms with Crippen molar-refractivity contribution >= 4 is 33.7 Å². The first-order valence-corrected chi connectivity index (χ1v) is 13.6. The van der Waals surface area contributed by atoms with Gasteiger partial charge >= 0.3 is 0 Å². The highest BCUT2D eigenvalue weighted by Crippen LogP contribution is 2.30. The Kier molecular flexibility index (Phi) is 8.51. The monoisotopic (exact) mass is 515 g/mol. The quantitative estimate of drug-likeness (QED) is 0.283. The molecule has 4 aromatic rings. The molecule has 0 spiro atoms. The zero-order valence-corrected chi connectivity index (χ0v) is 22.1. The number of imidazole rings is 1. The van der Waals surface area contributed by atoms with E-state index in [0.29, 0.717) is 31.6 Å². The first-order chi connectivity index (χ1) is 18.6. The van der Waals surface area contributed by atoms with Gasteiger partial charge in [0, 0.05) is 25.1 Å². The van der Waals surface area contributed by atoms with Crippen LogP contribution in [0.15, 0.2) is 60.9 Å². The topological polar surface area (TPSA) is 95.5 Å². The third-order valence-electron chi connectivity index (χ3n) is 7.59. The van der Waals surface area contributed by atoms with E-state index >= 15 is 0 Å². The molecule has 2 aromatic carbocycles. The zero-order chi connectivity index (χ0) is 26.3. The molecular weight excluding hydrogens is 478 g/mol. The van der Waals surface area contributed by atoms with Crippen molar-refractivity contribution in [2.45, 2.75) is 45.3 Å². The second kappa shape index (κ2) is 12.4. The number of rotatable bonds is 11. The van der Waals surface area contributed by atoms with Crippen molar-refractivity contribution < 1.29 is 14.3 Å². The van der Waals surface area contributed by atoms with Crippen molar-refractivity contribution in [3.05, 3.63) is 66.5 Å². The Balaban J connectivity index is 1.07. The Labute approximate surface area is 223 Å². The fourth-order valence-corrected chi connectivity index (χ4v) is 5.30. The average Bonchev–Trinajstić information content (AvgIpc) is 3.40. The Morgan fingerprint density at radius 2 is 1.84 bits per heavy atom. The third-order valence-corrected chi connectivity index (χ3v) is 7.59. The number of ether oxygens (including phenoxy) is 2. The highest BCUT2D eigenvalue weighted by Gasteiger charge is 2.23. The summed E-state index contributed by atoms with van der Waals surface area (Å²) in [5.74, 6) is 1.12. The second-order valence-electron chi connectivity index (χ2n) is 10.1. The van der Waals surface area contributed by atoms with Crippen molar-refractivity contribution in [2.24, 2.45) is 5.92 Å². The number of piperidine rings is 1. The lowest BCUT2D eigenvalue weighted by molar-refractivity contribution is -0.138. The lowest BCUT2D eigenvalue weighted by Crippen LogP contribution is -2.40. The number of carbonyl (C=O) groups excluding carboxylic acids is 1. The molecule has 0 radical (unpaired) electrons. The van der Waals surface area contributed by atoms with Crippen molar-refractivity contribution in [2.75, 3.05) is 38.6 Å². The number of likely N-dealkylation sites (tertiary alicyclic amines) is 1. The van der Waals surface area contributed by atoms with Crippen LogP contribution in [0.25, 0.3) is 21.9 Å². The van der Waals surface area contributed by atoms with Gasteiger partial charge in [0.15, 0.2) is 5.82 Å². The third kappa shape index (κ3) is 5.97. The number of carbonyl (C=O) groups is 1. The van der Waals surface area contributed by atoms with E-state index in [1.54, 1.807) is 0 Å². The molecule has 0 bridgehead atoms. The van der Waals surface area contributed by atoms with Gasteiger partial charge in [0.25, 0.3) is 0 Å². The van der Waals surface area contributed by atoms with Crippen LogP contribution in [0.2, 0.25) is 0 Å². The molecule has 1 unspecified atom stereocenters. The molecule has 1 fully saturated rings. The minimum absolute atomic E-state index is 0.0809. The molecule has 38 heavy (non-hydrogen) atoms. The molecular formula is C30H37N5O3. The predicted molar refractivity (Wildman–Crippen MR) is 150 cm³/mol. The number of hydrogen-bond donors (Lipinski definition) is 1. The number of fused-ring (bicyclic) bond motifs is 3. The van der Waals surface area contributed by atoms with Gasteiger partial charge in [-0.25, -0.2) is 9.97 Å². The molecule has 1 aliphatic rings. The van der Waals surface area contributed by atoms with E-state index < -0.39 is 0 Å². The highest BCUT2D eigenvalue weighted by molar-refractivity contribution is 6.06. The molecule has 2 aromatic heterocycles. The summed E-state index contributed by atoms with van der Waals surface area (Å²) in [6.07, 6.45) is 5.82. The summed E-state index contributed by atoms with van der Waals surface area (Å²) in [6, 6.07) is 18.2. The largest absolute Gasteiger partial charge is 0.382 e. The van der Waals surface area contributed by atoms with Gasteiger partial charge in [-0.05, 0) is 43.2 Å². The van der Waals surface area contributed by atoms with Gasteiger partial charge in [-0.3, -0.25) is 4.79 Å². The van der Waals surface area contributed by atoms with Crippen LogP contribution in [0.3, 0.4) is 0 Å². The van der Waals surface area contributed by atoms with Crippen LogP contribution in [0.5, 0.6) is 0 Å². The maximum atomic E-state index is 12.5. The summed E-state index contributed by atoms with van der Waals surface area (Å²) in [5.41, 5.74) is 9.94. The maximum absolute atomic E-state index is 12.5. The Hall–Kier alpha value is -3.49. The van der Waals surface area contributed by atoms with E-state index in [9.17, 15) is 4.79 Å². The smallest absolute Gasteiger partial charge is 0.248 e. The van der Waals surface area contributed by atoms with E-state index in [-0.39, 0.29) is 18.6 Å². The molecule has 200 valence electrons. The number of benzene rings is 2. The molecule has 0 aliphatic carbocycles. The summed E-state index contributed by atoms with van der Waals surface area (Å²) in [6.45, 7) is 5.69. The Bertz CT molecular complexity index is 1350. The van der Waals surface area contributed by atoms with Crippen molar-refractivity contribution in [1.29, 1.82) is 0 Å². The Morgan fingerprint density at radius 3 is 2.63 bits per heavy atom. The molecule has 3 heterocycles. The number of pyridine rings is 1. The molecule has 1 atom stereocenters. The molecule has 5 rings (SSSR count). The average molecular weight is 516 g/mol. The lowest BCUT2D eigenvalue weighted by Gasteiger charge is -2.32. The first-order valence-electron chi connectivity index (χ1n) is 13.6. The van der Waals surface area contributed by atoms with Gasteiger partial charge in [-0.1, -0.05) is 55.5 Å². The van der Waals surface area contributed by atoms with Crippen molar-refractivity contribution in [1.82, 2.24) is 19.4 Å². The van der Waals surface area contributed by atoms with Gasteiger partial charge in [0.1, 0.15) is 12.1 Å². The molecule has 1 aliphatic heterocycles. The van der Waals surface area contributed by atoms with Crippen molar-refractivity contribution in [3.63, 3.8) is 0 Å². The number of hydrogen-bond acceptors (Lipinski definition) is 6. The molecule has 2 N–H and O–H groups in total. The van der Waals surface area contributed by atoms with Crippen LogP contribution in [0.4, 0.5) is 5.82 Å². The maximum Gasteiger partial charge on any atom is 0.248 e. The van der Waals surface area contributed by atoms with Gasteiger partial charge in [-0.15, -0.1) is 0 Å². The normalized spacial score (nSPS) is 15.3. The predicted octanol–water partition coefficient (Wildman–Crippen LogP) is 4.98. The number of nitrogens with two attached hydrogens (primary N) is 1. The Morgan fingerprint density at radius 1 is 1.08 bits per heavy atom. The number of anilines is 1. The van der Waals surface area contributed by atoms with Gasteiger partial charge in [-0.2, -0.15) is 0 Å². The summed E-state index contributed by atoms with van der Waals surface area (Å²) in [4.78, 5) is 23.5. The fraction of sp³-hybridized carbons (Fsp3) is 0.433. The first kappa shape index (κ1) is 26.1. The lowest BCUT2D eigenvalue weighted by atomic mass is 9.94. The molecule has 1 saturated heterocycles. The van der Waals surface area contributed by atoms with Gasteiger partial charge in [0.2, 0.25) is 5.91 Å². The summed E-state index contributed by atoms with van der Waals surface area (Å²) < 4.78 is 14.0. The van der Waals surface area contributed by atoms with Crippen LogP contribution < -0.4 is 5.73 Å². The molecule has 8 nitrogen and oxygen atoms in total. The minimum Gasteiger partial charge on any atom is -0.382 e. The fourth-order valence-electron chi connectivity index (χ4n) is 5.30. The van der Waals surface area contributed by atoms with Gasteiger partial charge in [0.05, 0.1) is 36.6 Å². The van der Waals surface area contributed by atoms with Crippen LogP contribution in [-0.4, -0.2) is 58.3 Å². The number of amides is 1. The molecule has 0 saturated carbocycles. The van der Waals surface area contributed by atoms with Crippen molar-refractivity contribution in [3.8, 4) is 0 Å². The summed E-state index contributed by atoms with van der Waals surface area (Å²) in [5, 5.41) is 1.06. The number of nitrogens with zero attached hydrogens (tertiary/aromatic N) is 4. The van der Waals surface area contributed by atoms with Crippen LogP contribution in [0, 0.1) is 5.92 Å². The van der Waals surface area contributed by atoms with Crippen LogP contribution in [-0.2, 0) is 20.9 Å². The number of nitrogen functional groups attached to an aromatic ring is 1. The van der Waals surface area contributed by atoms with E-state index in [0.717, 1.165) is 66.3 Å². The molecule has 1 amide bonds. The number of aromatic nitrogens is 3. The van der Waals surface area contributed by atoms with Gasteiger partial charge < -0.3 is 24.7 Å².